The maximum absolute atomic E-state index is 6.12. The molecule has 0 aliphatic carbocycles. The summed E-state index contributed by atoms with van der Waals surface area (Å²) in [4.78, 5) is 2.38. The first-order valence-corrected chi connectivity index (χ1v) is 5.88. The Hall–Kier alpha value is -0.120. The van der Waals surface area contributed by atoms with Gasteiger partial charge in [-0.15, -0.1) is 0 Å². The van der Waals surface area contributed by atoms with E-state index in [9.17, 15) is 0 Å². The molecule has 3 nitrogen and oxygen atoms in total. The Bertz CT molecular complexity index is 154. The molecule has 0 radical (unpaired) electrons. The molecule has 0 rings (SSSR count). The normalized spacial score (nSPS) is 14.6. The van der Waals surface area contributed by atoms with E-state index >= 15 is 0 Å². The summed E-state index contributed by atoms with van der Waals surface area (Å²) in [5.41, 5.74) is 6.33. The number of nitrogens with zero attached hydrogens (tertiary/aromatic N) is 1. The number of hydrogen-bond donors (Lipinski definition) is 1. The smallest absolute Gasteiger partial charge is 0.0589 e. The molecule has 92 valence electrons. The average molecular weight is 216 g/mol. The highest BCUT2D eigenvalue weighted by Crippen LogP contribution is 2.19. The SMILES string of the molecule is CCN(CCOC)CCC(N)C(C)(C)C. The summed E-state index contributed by atoms with van der Waals surface area (Å²) in [7, 11) is 1.74. The van der Waals surface area contributed by atoms with Crippen LogP contribution in [0.3, 0.4) is 0 Å². The quantitative estimate of drug-likeness (QED) is 0.704. The van der Waals surface area contributed by atoms with Crippen LogP contribution in [0, 0.1) is 5.41 Å². The lowest BCUT2D eigenvalue weighted by Gasteiger charge is -2.29. The van der Waals surface area contributed by atoms with E-state index in [4.69, 9.17) is 10.5 Å². The second-order valence-electron chi connectivity index (χ2n) is 5.19. The Morgan fingerprint density at radius 1 is 1.27 bits per heavy atom. The van der Waals surface area contributed by atoms with Crippen LogP contribution < -0.4 is 5.73 Å². The van der Waals surface area contributed by atoms with Gasteiger partial charge in [0, 0.05) is 19.7 Å². The van der Waals surface area contributed by atoms with E-state index in [2.05, 4.69) is 32.6 Å². The average Bonchev–Trinajstić information content (AvgIpc) is 2.16. The highest BCUT2D eigenvalue weighted by molar-refractivity contribution is 4.77. The molecule has 3 heteroatoms. The largest absolute Gasteiger partial charge is 0.383 e. The maximum atomic E-state index is 6.12. The molecule has 2 N–H and O–H groups in total. The molecule has 0 aliphatic rings. The van der Waals surface area contributed by atoms with Crippen molar-refractivity contribution in [2.75, 3.05) is 33.4 Å². The molecular weight excluding hydrogens is 188 g/mol. The van der Waals surface area contributed by atoms with Gasteiger partial charge in [0.15, 0.2) is 0 Å². The van der Waals surface area contributed by atoms with Crippen molar-refractivity contribution >= 4 is 0 Å². The fraction of sp³-hybridized carbons (Fsp3) is 1.00. The number of ether oxygens (including phenoxy) is 1. The molecule has 0 spiro atoms. The zero-order valence-electron chi connectivity index (χ0n) is 11.0. The maximum Gasteiger partial charge on any atom is 0.0589 e. The third kappa shape index (κ3) is 6.88. The molecule has 0 saturated carbocycles. The lowest BCUT2D eigenvalue weighted by atomic mass is 9.85. The molecule has 1 atom stereocenters. The Kier molecular flexibility index (Phi) is 7.14. The van der Waals surface area contributed by atoms with Crippen LogP contribution in [0.15, 0.2) is 0 Å². The summed E-state index contributed by atoms with van der Waals surface area (Å²) >= 11 is 0. The lowest BCUT2D eigenvalue weighted by molar-refractivity contribution is 0.144. The van der Waals surface area contributed by atoms with Crippen molar-refractivity contribution in [2.45, 2.75) is 40.2 Å². The van der Waals surface area contributed by atoms with Crippen LogP contribution in [0.5, 0.6) is 0 Å². The number of nitrogens with two attached hydrogens (primary N) is 1. The van der Waals surface area contributed by atoms with Crippen LogP contribution in [-0.2, 0) is 4.74 Å². The molecule has 1 unspecified atom stereocenters. The number of methoxy groups -OCH3 is 1. The Morgan fingerprint density at radius 3 is 2.27 bits per heavy atom. The summed E-state index contributed by atoms with van der Waals surface area (Å²) in [5, 5.41) is 0. The van der Waals surface area contributed by atoms with Gasteiger partial charge >= 0.3 is 0 Å². The second kappa shape index (κ2) is 7.20. The minimum Gasteiger partial charge on any atom is -0.383 e. The van der Waals surface area contributed by atoms with Crippen LogP contribution in [0.2, 0.25) is 0 Å². The molecule has 0 aromatic carbocycles. The predicted octanol–water partition coefficient (Wildman–Crippen LogP) is 1.72. The van der Waals surface area contributed by atoms with Gasteiger partial charge in [-0.25, -0.2) is 0 Å². The van der Waals surface area contributed by atoms with Crippen LogP contribution in [0.25, 0.3) is 0 Å². The van der Waals surface area contributed by atoms with Gasteiger partial charge < -0.3 is 15.4 Å². The second-order valence-corrected chi connectivity index (χ2v) is 5.19. The minimum absolute atomic E-state index is 0.209. The third-order valence-electron chi connectivity index (χ3n) is 2.93. The van der Waals surface area contributed by atoms with Gasteiger partial charge in [0.25, 0.3) is 0 Å². The van der Waals surface area contributed by atoms with Gasteiger partial charge in [-0.2, -0.15) is 0 Å². The van der Waals surface area contributed by atoms with Gasteiger partial charge in [-0.05, 0) is 24.9 Å². The molecule has 0 heterocycles. The van der Waals surface area contributed by atoms with E-state index in [0.29, 0.717) is 0 Å². The van der Waals surface area contributed by atoms with E-state index in [-0.39, 0.29) is 11.5 Å². The van der Waals surface area contributed by atoms with E-state index in [1.807, 2.05) is 0 Å². The van der Waals surface area contributed by atoms with E-state index in [0.717, 1.165) is 32.7 Å². The van der Waals surface area contributed by atoms with Gasteiger partial charge in [-0.3, -0.25) is 0 Å². The molecule has 15 heavy (non-hydrogen) atoms. The molecule has 0 aliphatic heterocycles. The number of likely N-dealkylation sites (N-methyl/N-ethyl adjacent to an activating group) is 1. The standard InChI is InChI=1S/C12H28N2O/c1-6-14(9-10-15-5)8-7-11(13)12(2,3)4/h11H,6-10,13H2,1-5H3. The van der Waals surface area contributed by atoms with Gasteiger partial charge in [0.2, 0.25) is 0 Å². The van der Waals surface area contributed by atoms with Crippen molar-refractivity contribution in [3.8, 4) is 0 Å². The van der Waals surface area contributed by atoms with Crippen molar-refractivity contribution in [3.05, 3.63) is 0 Å². The molecule has 0 amide bonds. The first kappa shape index (κ1) is 14.9. The lowest BCUT2D eigenvalue weighted by Crippen LogP contribution is -2.39. The number of rotatable bonds is 7. The Balaban J connectivity index is 3.79. The third-order valence-corrected chi connectivity index (χ3v) is 2.93. The summed E-state index contributed by atoms with van der Waals surface area (Å²) in [6, 6.07) is 0.272. The van der Waals surface area contributed by atoms with Crippen molar-refractivity contribution in [3.63, 3.8) is 0 Å². The molecular formula is C12H28N2O. The zero-order chi connectivity index (χ0) is 11.9. The van der Waals surface area contributed by atoms with Crippen LogP contribution >= 0.6 is 0 Å². The summed E-state index contributed by atoms with van der Waals surface area (Å²) in [6.07, 6.45) is 1.06. The molecule has 0 fully saturated rings. The number of hydrogen-bond acceptors (Lipinski definition) is 3. The van der Waals surface area contributed by atoms with Crippen LogP contribution in [-0.4, -0.2) is 44.3 Å². The van der Waals surface area contributed by atoms with Crippen molar-refractivity contribution in [1.29, 1.82) is 0 Å². The van der Waals surface area contributed by atoms with E-state index in [1.165, 1.54) is 0 Å². The summed E-state index contributed by atoms with van der Waals surface area (Å²) in [5.74, 6) is 0. The predicted molar refractivity (Wildman–Crippen MR) is 66.0 cm³/mol. The van der Waals surface area contributed by atoms with E-state index in [1.54, 1.807) is 7.11 Å². The van der Waals surface area contributed by atoms with Gasteiger partial charge in [0.1, 0.15) is 0 Å². The van der Waals surface area contributed by atoms with Gasteiger partial charge in [-0.1, -0.05) is 27.7 Å². The molecule has 0 saturated heterocycles. The van der Waals surface area contributed by atoms with E-state index < -0.39 is 0 Å². The summed E-state index contributed by atoms with van der Waals surface area (Å²) < 4.78 is 5.08. The highest BCUT2D eigenvalue weighted by Gasteiger charge is 2.20. The van der Waals surface area contributed by atoms with Crippen molar-refractivity contribution in [1.82, 2.24) is 4.90 Å². The highest BCUT2D eigenvalue weighted by atomic mass is 16.5. The fourth-order valence-corrected chi connectivity index (χ4v) is 1.40. The first-order valence-electron chi connectivity index (χ1n) is 5.88. The monoisotopic (exact) mass is 216 g/mol. The van der Waals surface area contributed by atoms with Crippen LogP contribution in [0.4, 0.5) is 0 Å². The molecule has 0 bridgehead atoms. The Labute approximate surface area is 95.0 Å². The zero-order valence-corrected chi connectivity index (χ0v) is 11.0. The van der Waals surface area contributed by atoms with Crippen LogP contribution in [0.1, 0.15) is 34.1 Å². The van der Waals surface area contributed by atoms with Crippen molar-refractivity contribution < 1.29 is 4.74 Å². The molecule has 0 aromatic rings. The summed E-state index contributed by atoms with van der Waals surface area (Å²) in [6.45, 7) is 12.7. The Morgan fingerprint density at radius 2 is 1.87 bits per heavy atom. The topological polar surface area (TPSA) is 38.5 Å². The van der Waals surface area contributed by atoms with Crippen molar-refractivity contribution in [2.24, 2.45) is 11.1 Å². The fourth-order valence-electron chi connectivity index (χ4n) is 1.40. The molecule has 0 aromatic heterocycles. The first-order chi connectivity index (χ1) is 6.91. The minimum atomic E-state index is 0.209. The van der Waals surface area contributed by atoms with Gasteiger partial charge in [0.05, 0.1) is 6.61 Å².